The molecule has 1 aliphatic rings. The van der Waals surface area contributed by atoms with Crippen LogP contribution in [0.15, 0.2) is 24.4 Å². The molecule has 0 aromatic carbocycles. The van der Waals surface area contributed by atoms with Gasteiger partial charge in [0.05, 0.1) is 0 Å². The molecule has 0 bridgehead atoms. The van der Waals surface area contributed by atoms with E-state index in [4.69, 9.17) is 0 Å². The van der Waals surface area contributed by atoms with Crippen molar-refractivity contribution < 1.29 is 9.59 Å². The van der Waals surface area contributed by atoms with E-state index in [1.54, 1.807) is 18.0 Å². The van der Waals surface area contributed by atoms with Crippen molar-refractivity contribution in [1.82, 2.24) is 14.8 Å². The van der Waals surface area contributed by atoms with Gasteiger partial charge >= 0.3 is 0 Å². The topological polar surface area (TPSA) is 56.8 Å². The van der Waals surface area contributed by atoms with Gasteiger partial charge in [-0.3, -0.25) is 9.59 Å². The van der Waals surface area contributed by atoms with E-state index in [1.807, 2.05) is 43.9 Å². The fraction of sp³-hybridized carbons (Fsp3) is 0.611. The summed E-state index contributed by atoms with van der Waals surface area (Å²) in [6.07, 6.45) is 2.16. The molecule has 6 nitrogen and oxygen atoms in total. The predicted octanol–water partition coefficient (Wildman–Crippen LogP) is 1.77. The molecule has 1 aromatic heterocycles. The maximum atomic E-state index is 12.4. The molecule has 1 aliphatic heterocycles. The van der Waals surface area contributed by atoms with Crippen molar-refractivity contribution in [3.63, 3.8) is 0 Å². The van der Waals surface area contributed by atoms with Gasteiger partial charge in [0, 0.05) is 57.8 Å². The van der Waals surface area contributed by atoms with Gasteiger partial charge in [0.15, 0.2) is 0 Å². The van der Waals surface area contributed by atoms with Gasteiger partial charge in [-0.25, -0.2) is 4.98 Å². The van der Waals surface area contributed by atoms with E-state index in [0.717, 1.165) is 18.9 Å². The van der Waals surface area contributed by atoms with Crippen LogP contribution in [-0.2, 0) is 9.59 Å². The molecule has 1 aromatic rings. The SMILES string of the molecule is CC(=O)N(CCC(=O)N1CCN(c2ccccn2)CC1)C(C)(C)C. The molecular formula is C18H28N4O2. The van der Waals surface area contributed by atoms with Gasteiger partial charge in [-0.05, 0) is 32.9 Å². The first kappa shape index (κ1) is 18.2. The summed E-state index contributed by atoms with van der Waals surface area (Å²) >= 11 is 0. The molecule has 1 fully saturated rings. The number of rotatable bonds is 4. The van der Waals surface area contributed by atoms with Crippen LogP contribution >= 0.6 is 0 Å². The summed E-state index contributed by atoms with van der Waals surface area (Å²) in [4.78, 5) is 34.4. The summed E-state index contributed by atoms with van der Waals surface area (Å²) < 4.78 is 0. The third-order valence-corrected chi connectivity index (χ3v) is 4.34. The second kappa shape index (κ2) is 7.64. The number of hydrogen-bond donors (Lipinski definition) is 0. The molecule has 0 radical (unpaired) electrons. The average Bonchev–Trinajstić information content (AvgIpc) is 2.54. The van der Waals surface area contributed by atoms with E-state index < -0.39 is 0 Å². The van der Waals surface area contributed by atoms with Crippen LogP contribution in [0.2, 0.25) is 0 Å². The van der Waals surface area contributed by atoms with Crippen molar-refractivity contribution in [2.24, 2.45) is 0 Å². The zero-order valence-corrected chi connectivity index (χ0v) is 15.2. The molecule has 1 saturated heterocycles. The normalized spacial score (nSPS) is 15.3. The predicted molar refractivity (Wildman–Crippen MR) is 94.8 cm³/mol. The third-order valence-electron chi connectivity index (χ3n) is 4.34. The van der Waals surface area contributed by atoms with Crippen LogP contribution in [0.3, 0.4) is 0 Å². The highest BCUT2D eigenvalue weighted by molar-refractivity contribution is 5.78. The molecule has 0 spiro atoms. The molecule has 2 rings (SSSR count). The Morgan fingerprint density at radius 2 is 1.83 bits per heavy atom. The van der Waals surface area contributed by atoms with Crippen molar-refractivity contribution in [2.75, 3.05) is 37.6 Å². The zero-order chi connectivity index (χ0) is 17.7. The van der Waals surface area contributed by atoms with Crippen LogP contribution in [0.4, 0.5) is 5.82 Å². The number of piperazine rings is 1. The Labute approximate surface area is 144 Å². The molecule has 0 atom stereocenters. The first-order chi connectivity index (χ1) is 11.3. The average molecular weight is 332 g/mol. The van der Waals surface area contributed by atoms with Crippen LogP contribution < -0.4 is 4.90 Å². The highest BCUT2D eigenvalue weighted by Gasteiger charge is 2.26. The smallest absolute Gasteiger partial charge is 0.224 e. The Morgan fingerprint density at radius 3 is 2.33 bits per heavy atom. The van der Waals surface area contributed by atoms with E-state index in [1.165, 1.54) is 0 Å². The summed E-state index contributed by atoms with van der Waals surface area (Å²) in [6.45, 7) is 11.0. The molecule has 0 unspecified atom stereocenters. The zero-order valence-electron chi connectivity index (χ0n) is 15.2. The fourth-order valence-corrected chi connectivity index (χ4v) is 3.06. The minimum Gasteiger partial charge on any atom is -0.353 e. The third kappa shape index (κ3) is 4.69. The minimum absolute atomic E-state index is 0.00951. The number of anilines is 1. The van der Waals surface area contributed by atoms with Crippen LogP contribution in [0, 0.1) is 0 Å². The van der Waals surface area contributed by atoms with Crippen LogP contribution in [0.1, 0.15) is 34.1 Å². The molecule has 0 aliphatic carbocycles. The number of amides is 2. The molecule has 24 heavy (non-hydrogen) atoms. The Hall–Kier alpha value is -2.11. The number of hydrogen-bond acceptors (Lipinski definition) is 4. The van der Waals surface area contributed by atoms with Crippen LogP contribution in [0.5, 0.6) is 0 Å². The molecule has 2 amide bonds. The molecular weight excluding hydrogens is 304 g/mol. The van der Waals surface area contributed by atoms with Crippen LogP contribution in [-0.4, -0.2) is 64.9 Å². The summed E-state index contributed by atoms with van der Waals surface area (Å²) in [5.74, 6) is 1.08. The quantitative estimate of drug-likeness (QED) is 0.843. The highest BCUT2D eigenvalue weighted by Crippen LogP contribution is 2.16. The van der Waals surface area contributed by atoms with Crippen molar-refractivity contribution >= 4 is 17.6 Å². The van der Waals surface area contributed by atoms with E-state index >= 15 is 0 Å². The monoisotopic (exact) mass is 332 g/mol. The lowest BCUT2D eigenvalue weighted by Crippen LogP contribution is -2.50. The first-order valence-electron chi connectivity index (χ1n) is 8.51. The second-order valence-electron chi connectivity index (χ2n) is 7.15. The summed E-state index contributed by atoms with van der Waals surface area (Å²) in [5.41, 5.74) is -0.260. The van der Waals surface area contributed by atoms with Gasteiger partial charge in [0.2, 0.25) is 11.8 Å². The first-order valence-corrected chi connectivity index (χ1v) is 8.51. The largest absolute Gasteiger partial charge is 0.353 e. The van der Waals surface area contributed by atoms with E-state index in [9.17, 15) is 9.59 Å². The number of pyridine rings is 1. The Bertz CT molecular complexity index is 560. The van der Waals surface area contributed by atoms with Crippen molar-refractivity contribution in [3.05, 3.63) is 24.4 Å². The van der Waals surface area contributed by atoms with Gasteiger partial charge in [0.25, 0.3) is 0 Å². The lowest BCUT2D eigenvalue weighted by atomic mass is 10.1. The standard InChI is InChI=1S/C18H28N4O2/c1-15(23)22(18(2,3)4)10-8-17(24)21-13-11-20(12-14-21)16-7-5-6-9-19-16/h5-7,9H,8,10-14H2,1-4H3. The lowest BCUT2D eigenvalue weighted by molar-refractivity contribution is -0.136. The second-order valence-corrected chi connectivity index (χ2v) is 7.15. The number of carbonyl (C=O) groups excluding carboxylic acids is 2. The summed E-state index contributed by atoms with van der Waals surface area (Å²) in [7, 11) is 0. The van der Waals surface area contributed by atoms with E-state index in [2.05, 4.69) is 9.88 Å². The molecule has 132 valence electrons. The summed E-state index contributed by atoms with van der Waals surface area (Å²) in [5, 5.41) is 0. The maximum absolute atomic E-state index is 12.4. The van der Waals surface area contributed by atoms with Gasteiger partial charge in [0.1, 0.15) is 5.82 Å². The van der Waals surface area contributed by atoms with Crippen LogP contribution in [0.25, 0.3) is 0 Å². The maximum Gasteiger partial charge on any atom is 0.224 e. The van der Waals surface area contributed by atoms with Crippen molar-refractivity contribution in [1.29, 1.82) is 0 Å². The lowest BCUT2D eigenvalue weighted by Gasteiger charge is -2.37. The molecule has 6 heteroatoms. The molecule has 0 saturated carbocycles. The Morgan fingerprint density at radius 1 is 1.17 bits per heavy atom. The molecule has 2 heterocycles. The van der Waals surface area contributed by atoms with E-state index in [0.29, 0.717) is 26.1 Å². The number of carbonyl (C=O) groups is 2. The number of aromatic nitrogens is 1. The van der Waals surface area contributed by atoms with E-state index in [-0.39, 0.29) is 17.4 Å². The van der Waals surface area contributed by atoms with Gasteiger partial charge < -0.3 is 14.7 Å². The van der Waals surface area contributed by atoms with Crippen molar-refractivity contribution in [2.45, 2.75) is 39.7 Å². The fourth-order valence-electron chi connectivity index (χ4n) is 3.06. The highest BCUT2D eigenvalue weighted by atomic mass is 16.2. The minimum atomic E-state index is -0.260. The van der Waals surface area contributed by atoms with Gasteiger partial charge in [-0.1, -0.05) is 6.07 Å². The van der Waals surface area contributed by atoms with Gasteiger partial charge in [-0.15, -0.1) is 0 Å². The van der Waals surface area contributed by atoms with Gasteiger partial charge in [-0.2, -0.15) is 0 Å². The Kier molecular flexibility index (Phi) is 5.80. The Balaban J connectivity index is 1.83. The van der Waals surface area contributed by atoms with Crippen molar-refractivity contribution in [3.8, 4) is 0 Å². The number of nitrogens with zero attached hydrogens (tertiary/aromatic N) is 4. The summed E-state index contributed by atoms with van der Waals surface area (Å²) in [6, 6.07) is 5.87. The molecule has 0 N–H and O–H groups in total.